The normalized spacial score (nSPS) is 11.9. The maximum Gasteiger partial charge on any atom is 0.407 e. The highest BCUT2D eigenvalue weighted by molar-refractivity contribution is 7.98. The Kier molecular flexibility index (Phi) is 10.1. The molecular formula is C27H32N4O4S2. The summed E-state index contributed by atoms with van der Waals surface area (Å²) in [7, 11) is 0. The highest BCUT2D eigenvalue weighted by Crippen LogP contribution is 2.24. The van der Waals surface area contributed by atoms with Crippen LogP contribution in [-0.4, -0.2) is 46.5 Å². The van der Waals surface area contributed by atoms with Gasteiger partial charge in [-0.2, -0.15) is 11.8 Å². The average Bonchev–Trinajstić information content (AvgIpc) is 3.33. The smallest absolute Gasteiger partial charge is 0.407 e. The van der Waals surface area contributed by atoms with Crippen molar-refractivity contribution >= 4 is 46.1 Å². The molecule has 3 amide bonds. The number of benzene rings is 2. The van der Waals surface area contributed by atoms with Crippen molar-refractivity contribution in [1.82, 2.24) is 15.6 Å². The van der Waals surface area contributed by atoms with Gasteiger partial charge in [0.25, 0.3) is 5.91 Å². The number of carbonyl (C=O) groups excluding carboxylic acids is 3. The number of alkyl carbamates (subject to hydrolysis) is 1. The maximum absolute atomic E-state index is 13.0. The Balaban J connectivity index is 1.59. The Morgan fingerprint density at radius 1 is 1.05 bits per heavy atom. The summed E-state index contributed by atoms with van der Waals surface area (Å²) in [5.41, 5.74) is 2.42. The minimum absolute atomic E-state index is 0.272. The van der Waals surface area contributed by atoms with E-state index in [0.717, 1.165) is 16.8 Å². The van der Waals surface area contributed by atoms with Crippen LogP contribution in [0.15, 0.2) is 60.0 Å². The molecule has 10 heteroatoms. The summed E-state index contributed by atoms with van der Waals surface area (Å²) in [6.45, 7) is 5.66. The number of ether oxygens (including phenoxy) is 1. The van der Waals surface area contributed by atoms with Gasteiger partial charge in [-0.25, -0.2) is 9.78 Å². The lowest BCUT2D eigenvalue weighted by Gasteiger charge is -2.19. The molecule has 37 heavy (non-hydrogen) atoms. The highest BCUT2D eigenvalue weighted by Gasteiger charge is 2.22. The van der Waals surface area contributed by atoms with Crippen molar-refractivity contribution in [3.05, 3.63) is 71.1 Å². The van der Waals surface area contributed by atoms with Crippen molar-refractivity contribution in [1.29, 1.82) is 0 Å². The van der Waals surface area contributed by atoms with Crippen LogP contribution in [0.4, 0.5) is 9.93 Å². The van der Waals surface area contributed by atoms with Gasteiger partial charge in [-0.3, -0.25) is 9.59 Å². The SMILES string of the molecule is CSCC[C@H](NC(=O)c1ccc(CNC(=O)OC(C)(C)C)cc1)C(=O)Nc1nc(-c2ccccc2)cs1. The number of aromatic nitrogens is 1. The Hall–Kier alpha value is -3.37. The van der Waals surface area contributed by atoms with Crippen LogP contribution in [-0.2, 0) is 16.1 Å². The molecule has 0 bridgehead atoms. The summed E-state index contributed by atoms with van der Waals surface area (Å²) in [5.74, 6) is 0.0485. The van der Waals surface area contributed by atoms with Crippen molar-refractivity contribution in [2.45, 2.75) is 45.4 Å². The number of nitrogens with zero attached hydrogens (tertiary/aromatic N) is 1. The molecule has 0 unspecified atom stereocenters. The third-order valence-electron chi connectivity index (χ3n) is 5.09. The highest BCUT2D eigenvalue weighted by atomic mass is 32.2. The lowest BCUT2D eigenvalue weighted by Crippen LogP contribution is -2.44. The Bertz CT molecular complexity index is 1190. The maximum atomic E-state index is 13.0. The molecule has 3 N–H and O–H groups in total. The number of hydrogen-bond acceptors (Lipinski definition) is 7. The van der Waals surface area contributed by atoms with Gasteiger partial charge in [-0.05, 0) is 56.9 Å². The van der Waals surface area contributed by atoms with Crippen LogP contribution in [0.5, 0.6) is 0 Å². The summed E-state index contributed by atoms with van der Waals surface area (Å²) in [6, 6.07) is 15.9. The molecular weight excluding hydrogens is 508 g/mol. The van der Waals surface area contributed by atoms with Crippen molar-refractivity contribution in [3.8, 4) is 11.3 Å². The zero-order valence-electron chi connectivity index (χ0n) is 21.4. The first kappa shape index (κ1) is 28.2. The molecule has 0 fully saturated rings. The fraction of sp³-hybridized carbons (Fsp3) is 0.333. The van der Waals surface area contributed by atoms with Crippen LogP contribution in [0.1, 0.15) is 43.1 Å². The molecule has 0 aliphatic heterocycles. The largest absolute Gasteiger partial charge is 0.444 e. The number of thiazole rings is 1. The van der Waals surface area contributed by atoms with Crippen LogP contribution in [0.3, 0.4) is 0 Å². The summed E-state index contributed by atoms with van der Waals surface area (Å²) in [5, 5.41) is 10.7. The third-order valence-corrected chi connectivity index (χ3v) is 6.49. The number of hydrogen-bond donors (Lipinski definition) is 3. The van der Waals surface area contributed by atoms with Gasteiger partial charge in [0, 0.05) is 23.1 Å². The molecule has 1 atom stereocenters. The number of rotatable bonds is 10. The van der Waals surface area contributed by atoms with E-state index in [4.69, 9.17) is 4.74 Å². The van der Waals surface area contributed by atoms with Crippen LogP contribution < -0.4 is 16.0 Å². The van der Waals surface area contributed by atoms with E-state index in [2.05, 4.69) is 20.9 Å². The average molecular weight is 541 g/mol. The van der Waals surface area contributed by atoms with Gasteiger partial charge in [-0.15, -0.1) is 11.3 Å². The molecule has 0 saturated heterocycles. The van der Waals surface area contributed by atoms with E-state index in [0.29, 0.717) is 22.9 Å². The first-order valence-electron chi connectivity index (χ1n) is 11.8. The Labute approximate surface area is 225 Å². The molecule has 0 saturated carbocycles. The minimum Gasteiger partial charge on any atom is -0.444 e. The number of carbonyl (C=O) groups is 3. The lowest BCUT2D eigenvalue weighted by molar-refractivity contribution is -0.118. The summed E-state index contributed by atoms with van der Waals surface area (Å²) in [6.07, 6.45) is 1.93. The number of amides is 3. The number of anilines is 1. The van der Waals surface area contributed by atoms with Gasteiger partial charge in [0.1, 0.15) is 11.6 Å². The first-order valence-corrected chi connectivity index (χ1v) is 14.1. The van der Waals surface area contributed by atoms with Crippen molar-refractivity contribution in [3.63, 3.8) is 0 Å². The fourth-order valence-corrected chi connectivity index (χ4v) is 4.47. The minimum atomic E-state index is -0.711. The predicted molar refractivity (Wildman–Crippen MR) is 150 cm³/mol. The lowest BCUT2D eigenvalue weighted by atomic mass is 10.1. The number of nitrogens with one attached hydrogen (secondary N) is 3. The molecule has 0 spiro atoms. The monoisotopic (exact) mass is 540 g/mol. The second kappa shape index (κ2) is 13.3. The van der Waals surface area contributed by atoms with Gasteiger partial charge >= 0.3 is 6.09 Å². The molecule has 3 aromatic rings. The quantitative estimate of drug-likeness (QED) is 0.321. The van der Waals surface area contributed by atoms with Crippen molar-refractivity contribution in [2.24, 2.45) is 0 Å². The fourth-order valence-electron chi connectivity index (χ4n) is 3.27. The van der Waals surface area contributed by atoms with E-state index in [1.807, 2.05) is 42.0 Å². The third kappa shape index (κ3) is 9.22. The second-order valence-corrected chi connectivity index (χ2v) is 11.1. The first-order chi connectivity index (χ1) is 17.6. The van der Waals surface area contributed by atoms with Crippen molar-refractivity contribution in [2.75, 3.05) is 17.3 Å². The molecule has 0 aliphatic carbocycles. The van der Waals surface area contributed by atoms with Gasteiger partial charge in [0.2, 0.25) is 5.91 Å². The van der Waals surface area contributed by atoms with E-state index >= 15 is 0 Å². The molecule has 2 aromatic carbocycles. The van der Waals surface area contributed by atoms with Crippen LogP contribution in [0.2, 0.25) is 0 Å². The summed E-state index contributed by atoms with van der Waals surface area (Å²) >= 11 is 2.94. The summed E-state index contributed by atoms with van der Waals surface area (Å²) in [4.78, 5) is 42.3. The molecule has 8 nitrogen and oxygen atoms in total. The standard InChI is InChI=1S/C27H32N4O4S2/c1-27(2,3)35-26(34)28-16-18-10-12-20(13-11-18)23(32)29-21(14-15-36-4)24(33)31-25-30-22(17-37-25)19-8-6-5-7-9-19/h5-13,17,21H,14-16H2,1-4H3,(H,28,34)(H,29,32)(H,30,31,33)/t21-/m0/s1. The van der Waals surface area contributed by atoms with E-state index in [1.165, 1.54) is 11.3 Å². The predicted octanol–water partition coefficient (Wildman–Crippen LogP) is 5.33. The van der Waals surface area contributed by atoms with E-state index in [-0.39, 0.29) is 18.4 Å². The van der Waals surface area contributed by atoms with Gasteiger partial charge in [-0.1, -0.05) is 42.5 Å². The molecule has 3 rings (SSSR count). The molecule has 0 aliphatic rings. The molecule has 0 radical (unpaired) electrons. The van der Waals surface area contributed by atoms with Crippen LogP contribution >= 0.6 is 23.1 Å². The van der Waals surface area contributed by atoms with Crippen LogP contribution in [0, 0.1) is 0 Å². The van der Waals surface area contributed by atoms with Gasteiger partial charge < -0.3 is 20.7 Å². The number of thioether (sulfide) groups is 1. The van der Waals surface area contributed by atoms with Crippen LogP contribution in [0.25, 0.3) is 11.3 Å². The van der Waals surface area contributed by atoms with Gasteiger partial charge in [0.05, 0.1) is 5.69 Å². The zero-order chi connectivity index (χ0) is 26.8. The molecule has 196 valence electrons. The molecule has 1 heterocycles. The molecule has 1 aromatic heterocycles. The zero-order valence-corrected chi connectivity index (χ0v) is 23.0. The second-order valence-electron chi connectivity index (χ2n) is 9.25. The van der Waals surface area contributed by atoms with Gasteiger partial charge in [0.15, 0.2) is 5.13 Å². The Morgan fingerprint density at radius 2 is 1.76 bits per heavy atom. The summed E-state index contributed by atoms with van der Waals surface area (Å²) < 4.78 is 5.23. The Morgan fingerprint density at radius 3 is 2.41 bits per heavy atom. The van der Waals surface area contributed by atoms with E-state index in [9.17, 15) is 14.4 Å². The van der Waals surface area contributed by atoms with Crippen molar-refractivity contribution < 1.29 is 19.1 Å². The van der Waals surface area contributed by atoms with E-state index in [1.54, 1.807) is 56.8 Å². The van der Waals surface area contributed by atoms with E-state index < -0.39 is 17.7 Å². The topological polar surface area (TPSA) is 109 Å².